The van der Waals surface area contributed by atoms with Crippen LogP contribution in [-0.2, 0) is 34.3 Å². The second-order valence-corrected chi connectivity index (χ2v) is 8.18. The zero-order chi connectivity index (χ0) is 19.3. The largest absolute Gasteiger partial charge is 0.426 e. The van der Waals surface area contributed by atoms with Crippen LogP contribution < -0.4 is 4.74 Å². The lowest BCUT2D eigenvalue weighted by molar-refractivity contribution is -0.132. The van der Waals surface area contributed by atoms with Gasteiger partial charge in [-0.25, -0.2) is 0 Å². The number of aryl methyl sites for hydroxylation is 2. The molecule has 2 aliphatic rings. The summed E-state index contributed by atoms with van der Waals surface area (Å²) >= 11 is 0. The zero-order valence-electron chi connectivity index (χ0n) is 16.6. The molecule has 2 aromatic carbocycles. The topological polar surface area (TPSA) is 43.4 Å². The van der Waals surface area contributed by atoms with Gasteiger partial charge in [-0.2, -0.15) is 0 Å². The predicted molar refractivity (Wildman–Crippen MR) is 105 cm³/mol. The van der Waals surface area contributed by atoms with Crippen molar-refractivity contribution in [2.24, 2.45) is 0 Å². The molecule has 0 fully saturated rings. The number of ether oxygens (including phenoxy) is 1. The molecule has 27 heavy (non-hydrogen) atoms. The fraction of sp³-hybridized carbons (Fsp3) is 0.417. The number of benzene rings is 2. The molecule has 1 spiro atoms. The number of esters is 1. The summed E-state index contributed by atoms with van der Waals surface area (Å²) < 4.78 is 5.66. The molecule has 140 valence electrons. The molecule has 0 saturated heterocycles. The van der Waals surface area contributed by atoms with Crippen molar-refractivity contribution in [1.29, 1.82) is 0 Å². The fourth-order valence-corrected chi connectivity index (χ4v) is 5.38. The summed E-state index contributed by atoms with van der Waals surface area (Å²) in [5.41, 5.74) is 8.77. The minimum atomic E-state index is -0.283. The Hall–Kier alpha value is -2.42. The van der Waals surface area contributed by atoms with Gasteiger partial charge in [0.1, 0.15) is 11.5 Å². The van der Waals surface area contributed by atoms with Gasteiger partial charge in [-0.1, -0.05) is 18.2 Å². The Labute approximate surface area is 160 Å². The van der Waals surface area contributed by atoms with Gasteiger partial charge in [0, 0.05) is 24.3 Å². The standard InChI is InChI=1S/C24H26O3/c1-14-5-7-18(13-16(3)25)22-19(14)9-11-24(22)12-10-20-15(2)6-8-21(23(20)24)27-17(4)26/h5-8H,9-13H2,1-4H3. The van der Waals surface area contributed by atoms with Crippen molar-refractivity contribution in [2.45, 2.75) is 65.2 Å². The summed E-state index contributed by atoms with van der Waals surface area (Å²) in [6, 6.07) is 8.27. The van der Waals surface area contributed by atoms with E-state index in [0.717, 1.165) is 31.2 Å². The van der Waals surface area contributed by atoms with Gasteiger partial charge >= 0.3 is 5.97 Å². The van der Waals surface area contributed by atoms with E-state index in [1.54, 1.807) is 6.92 Å². The average molecular weight is 362 g/mol. The van der Waals surface area contributed by atoms with Gasteiger partial charge < -0.3 is 4.74 Å². The summed E-state index contributed by atoms with van der Waals surface area (Å²) in [4.78, 5) is 23.7. The molecular formula is C24H26O3. The number of carbonyl (C=O) groups excluding carboxylic acids is 2. The Balaban J connectivity index is 1.99. The van der Waals surface area contributed by atoms with E-state index in [9.17, 15) is 9.59 Å². The highest BCUT2D eigenvalue weighted by atomic mass is 16.5. The van der Waals surface area contributed by atoms with Crippen molar-refractivity contribution in [2.75, 3.05) is 0 Å². The van der Waals surface area contributed by atoms with Crippen LogP contribution in [0.4, 0.5) is 0 Å². The first-order chi connectivity index (χ1) is 12.8. The summed E-state index contributed by atoms with van der Waals surface area (Å²) in [5, 5.41) is 0. The molecule has 0 amide bonds. The van der Waals surface area contributed by atoms with E-state index in [4.69, 9.17) is 4.74 Å². The smallest absolute Gasteiger partial charge is 0.308 e. The Morgan fingerprint density at radius 3 is 2.11 bits per heavy atom. The Morgan fingerprint density at radius 2 is 1.52 bits per heavy atom. The van der Waals surface area contributed by atoms with Crippen LogP contribution in [0.3, 0.4) is 0 Å². The van der Waals surface area contributed by atoms with E-state index in [0.29, 0.717) is 12.2 Å². The minimum Gasteiger partial charge on any atom is -0.426 e. The summed E-state index contributed by atoms with van der Waals surface area (Å²) in [6.07, 6.45) is 4.50. The van der Waals surface area contributed by atoms with Crippen LogP contribution in [0.1, 0.15) is 65.6 Å². The molecule has 1 unspecified atom stereocenters. The van der Waals surface area contributed by atoms with E-state index in [1.165, 1.54) is 40.3 Å². The molecule has 0 bridgehead atoms. The minimum absolute atomic E-state index is 0.141. The summed E-state index contributed by atoms with van der Waals surface area (Å²) in [6.45, 7) is 7.42. The van der Waals surface area contributed by atoms with E-state index >= 15 is 0 Å². The van der Waals surface area contributed by atoms with Crippen molar-refractivity contribution >= 4 is 11.8 Å². The van der Waals surface area contributed by atoms with E-state index in [2.05, 4.69) is 32.0 Å². The maximum absolute atomic E-state index is 11.9. The quantitative estimate of drug-likeness (QED) is 0.595. The highest BCUT2D eigenvalue weighted by molar-refractivity contribution is 5.80. The first kappa shape index (κ1) is 18.0. The van der Waals surface area contributed by atoms with E-state index in [1.807, 2.05) is 6.07 Å². The molecule has 0 heterocycles. The van der Waals surface area contributed by atoms with Crippen LogP contribution in [0, 0.1) is 13.8 Å². The predicted octanol–water partition coefficient (Wildman–Crippen LogP) is 4.54. The molecular weight excluding hydrogens is 336 g/mol. The molecule has 3 nitrogen and oxygen atoms in total. The van der Waals surface area contributed by atoms with Crippen molar-refractivity contribution < 1.29 is 14.3 Å². The Bertz CT molecular complexity index is 889. The highest BCUT2D eigenvalue weighted by Crippen LogP contribution is 2.57. The molecule has 0 N–H and O–H groups in total. The first-order valence-electron chi connectivity index (χ1n) is 9.76. The lowest BCUT2D eigenvalue weighted by Gasteiger charge is -2.30. The highest BCUT2D eigenvalue weighted by Gasteiger charge is 2.48. The Kier molecular flexibility index (Phi) is 4.21. The molecule has 3 heteroatoms. The normalized spacial score (nSPS) is 19.9. The molecule has 1 atom stereocenters. The number of rotatable bonds is 3. The SMILES string of the molecule is CC(=O)Cc1ccc(C)c2c1C1(CC2)CCc2c(C)ccc(OC(C)=O)c21. The number of ketones is 1. The third-order valence-electron chi connectivity index (χ3n) is 6.40. The third-order valence-corrected chi connectivity index (χ3v) is 6.40. The second-order valence-electron chi connectivity index (χ2n) is 8.18. The van der Waals surface area contributed by atoms with Crippen LogP contribution in [0.15, 0.2) is 24.3 Å². The third kappa shape index (κ3) is 2.72. The molecule has 4 rings (SSSR count). The fourth-order valence-electron chi connectivity index (χ4n) is 5.38. The van der Waals surface area contributed by atoms with Crippen molar-refractivity contribution in [3.8, 4) is 5.75 Å². The Morgan fingerprint density at radius 1 is 0.926 bits per heavy atom. The number of hydrogen-bond donors (Lipinski definition) is 0. The monoisotopic (exact) mass is 362 g/mol. The van der Waals surface area contributed by atoms with Gasteiger partial charge in [0.2, 0.25) is 0 Å². The van der Waals surface area contributed by atoms with Gasteiger partial charge in [-0.3, -0.25) is 9.59 Å². The maximum atomic E-state index is 11.9. The molecule has 2 aliphatic carbocycles. The molecule has 0 aromatic heterocycles. The van der Waals surface area contributed by atoms with Crippen LogP contribution >= 0.6 is 0 Å². The lowest BCUT2D eigenvalue weighted by atomic mass is 9.73. The number of hydrogen-bond acceptors (Lipinski definition) is 3. The van der Waals surface area contributed by atoms with Crippen molar-refractivity contribution in [3.63, 3.8) is 0 Å². The maximum Gasteiger partial charge on any atom is 0.308 e. The van der Waals surface area contributed by atoms with Gasteiger partial charge in [0.25, 0.3) is 0 Å². The van der Waals surface area contributed by atoms with Crippen LogP contribution in [0.2, 0.25) is 0 Å². The number of Topliss-reactive ketones (excluding diaryl/α,β-unsaturated/α-hetero) is 1. The average Bonchev–Trinajstić information content (AvgIpc) is 3.17. The second kappa shape index (κ2) is 6.33. The van der Waals surface area contributed by atoms with Crippen molar-refractivity contribution in [3.05, 3.63) is 63.2 Å². The van der Waals surface area contributed by atoms with Crippen LogP contribution in [0.5, 0.6) is 5.75 Å². The number of fused-ring (bicyclic) bond motifs is 4. The van der Waals surface area contributed by atoms with Crippen molar-refractivity contribution in [1.82, 2.24) is 0 Å². The molecule has 0 radical (unpaired) electrons. The zero-order valence-corrected chi connectivity index (χ0v) is 16.6. The molecule has 2 aromatic rings. The van der Waals surface area contributed by atoms with Gasteiger partial charge in [0.15, 0.2) is 0 Å². The van der Waals surface area contributed by atoms with Gasteiger partial charge in [0.05, 0.1) is 0 Å². The van der Waals surface area contributed by atoms with E-state index < -0.39 is 0 Å². The summed E-state index contributed by atoms with van der Waals surface area (Å²) in [7, 11) is 0. The van der Waals surface area contributed by atoms with Gasteiger partial charge in [-0.15, -0.1) is 0 Å². The lowest BCUT2D eigenvalue weighted by Crippen LogP contribution is -2.25. The van der Waals surface area contributed by atoms with Gasteiger partial charge in [-0.05, 0) is 85.9 Å². The van der Waals surface area contributed by atoms with E-state index in [-0.39, 0.29) is 17.2 Å². The van der Waals surface area contributed by atoms with Crippen LogP contribution in [-0.4, -0.2) is 11.8 Å². The first-order valence-corrected chi connectivity index (χ1v) is 9.76. The number of carbonyl (C=O) groups is 2. The molecule has 0 saturated carbocycles. The van der Waals surface area contributed by atoms with Crippen LogP contribution in [0.25, 0.3) is 0 Å². The summed E-state index contributed by atoms with van der Waals surface area (Å²) in [5.74, 6) is 0.601. The molecule has 0 aliphatic heterocycles.